The van der Waals surface area contributed by atoms with Gasteiger partial charge in [0.05, 0.1) is 17.1 Å². The van der Waals surface area contributed by atoms with Crippen LogP contribution in [0.3, 0.4) is 0 Å². The molecule has 1 N–H and O–H groups in total. The highest BCUT2D eigenvalue weighted by molar-refractivity contribution is 5.92. The molecule has 23 heavy (non-hydrogen) atoms. The van der Waals surface area contributed by atoms with E-state index >= 15 is 0 Å². The molecule has 2 rings (SSSR count). The fourth-order valence-electron chi connectivity index (χ4n) is 2.98. The Bertz CT molecular complexity index is 659. The van der Waals surface area contributed by atoms with Crippen molar-refractivity contribution in [2.75, 3.05) is 5.32 Å². The van der Waals surface area contributed by atoms with Crippen LogP contribution in [0.1, 0.15) is 62.5 Å². The van der Waals surface area contributed by atoms with Crippen LogP contribution in [-0.4, -0.2) is 15.7 Å². The van der Waals surface area contributed by atoms with E-state index in [1.807, 2.05) is 36.7 Å². The molecule has 1 aromatic heterocycles. The standard InChI is InChI=1S/C19H27N3O/c1-6-16(17-10-8-7-9-11-17)12-18(23)20-19-14(4)21-22(13(2)3)15(19)5/h7-11,13,16H,6,12H2,1-5H3,(H,20,23)/t16-/m0/s1. The summed E-state index contributed by atoms with van der Waals surface area (Å²) in [6.07, 6.45) is 1.44. The molecular formula is C19H27N3O. The van der Waals surface area contributed by atoms with Crippen LogP contribution in [0.15, 0.2) is 30.3 Å². The lowest BCUT2D eigenvalue weighted by Crippen LogP contribution is -2.16. The molecule has 4 nitrogen and oxygen atoms in total. The number of hydrogen-bond acceptors (Lipinski definition) is 2. The minimum absolute atomic E-state index is 0.0511. The van der Waals surface area contributed by atoms with E-state index in [0.29, 0.717) is 6.42 Å². The van der Waals surface area contributed by atoms with Gasteiger partial charge in [-0.2, -0.15) is 5.10 Å². The van der Waals surface area contributed by atoms with Gasteiger partial charge in [0.15, 0.2) is 0 Å². The van der Waals surface area contributed by atoms with Gasteiger partial charge in [0.1, 0.15) is 0 Å². The Kier molecular flexibility index (Phi) is 5.59. The number of rotatable bonds is 6. The van der Waals surface area contributed by atoms with E-state index in [-0.39, 0.29) is 17.9 Å². The highest BCUT2D eigenvalue weighted by Gasteiger charge is 2.18. The van der Waals surface area contributed by atoms with Gasteiger partial charge in [-0.3, -0.25) is 9.48 Å². The zero-order chi connectivity index (χ0) is 17.0. The van der Waals surface area contributed by atoms with Crippen LogP contribution in [0, 0.1) is 13.8 Å². The number of aryl methyl sites for hydroxylation is 1. The minimum Gasteiger partial charge on any atom is -0.323 e. The van der Waals surface area contributed by atoms with Gasteiger partial charge in [-0.15, -0.1) is 0 Å². The third kappa shape index (κ3) is 4.01. The molecule has 0 saturated carbocycles. The number of amides is 1. The van der Waals surface area contributed by atoms with E-state index < -0.39 is 0 Å². The molecule has 0 aliphatic rings. The number of aromatic nitrogens is 2. The zero-order valence-electron chi connectivity index (χ0n) is 14.8. The highest BCUT2D eigenvalue weighted by Crippen LogP contribution is 2.26. The van der Waals surface area contributed by atoms with Gasteiger partial charge in [-0.05, 0) is 45.6 Å². The van der Waals surface area contributed by atoms with Crippen LogP contribution in [0.4, 0.5) is 5.69 Å². The summed E-state index contributed by atoms with van der Waals surface area (Å²) in [6.45, 7) is 10.2. The van der Waals surface area contributed by atoms with Crippen molar-refractivity contribution in [2.24, 2.45) is 0 Å². The number of carbonyl (C=O) groups excluding carboxylic acids is 1. The first-order valence-electron chi connectivity index (χ1n) is 8.34. The SMILES string of the molecule is CC[C@@H](CC(=O)Nc1c(C)nn(C(C)C)c1C)c1ccccc1. The molecule has 0 fully saturated rings. The first kappa shape index (κ1) is 17.3. The second kappa shape index (κ2) is 7.44. The van der Waals surface area contributed by atoms with Crippen molar-refractivity contribution in [1.82, 2.24) is 9.78 Å². The number of benzene rings is 1. The molecule has 124 valence electrons. The fourth-order valence-corrected chi connectivity index (χ4v) is 2.98. The van der Waals surface area contributed by atoms with E-state index in [1.54, 1.807) is 0 Å². The van der Waals surface area contributed by atoms with Crippen LogP contribution < -0.4 is 5.32 Å². The molecule has 1 atom stereocenters. The maximum atomic E-state index is 12.5. The second-order valence-electron chi connectivity index (χ2n) is 6.35. The van der Waals surface area contributed by atoms with E-state index in [1.165, 1.54) is 5.56 Å². The molecule has 0 spiro atoms. The van der Waals surface area contributed by atoms with E-state index in [0.717, 1.165) is 23.5 Å². The zero-order valence-corrected chi connectivity index (χ0v) is 14.8. The summed E-state index contributed by atoms with van der Waals surface area (Å²) < 4.78 is 1.96. The Balaban J connectivity index is 2.10. The molecule has 0 bridgehead atoms. The van der Waals surface area contributed by atoms with Crippen molar-refractivity contribution in [3.05, 3.63) is 47.3 Å². The van der Waals surface area contributed by atoms with Gasteiger partial charge in [-0.1, -0.05) is 37.3 Å². The normalized spacial score (nSPS) is 12.4. The van der Waals surface area contributed by atoms with Gasteiger partial charge >= 0.3 is 0 Å². The van der Waals surface area contributed by atoms with Crippen LogP contribution >= 0.6 is 0 Å². The molecule has 0 saturated heterocycles. The molecular weight excluding hydrogens is 286 g/mol. The Hall–Kier alpha value is -2.10. The monoisotopic (exact) mass is 313 g/mol. The maximum Gasteiger partial charge on any atom is 0.225 e. The first-order chi connectivity index (χ1) is 10.9. The third-order valence-corrected chi connectivity index (χ3v) is 4.27. The van der Waals surface area contributed by atoms with Crippen LogP contribution in [0.5, 0.6) is 0 Å². The average Bonchev–Trinajstić information content (AvgIpc) is 2.81. The smallest absolute Gasteiger partial charge is 0.225 e. The van der Waals surface area contributed by atoms with Crippen molar-refractivity contribution in [2.45, 2.75) is 59.4 Å². The number of hydrogen-bond donors (Lipinski definition) is 1. The van der Waals surface area contributed by atoms with Crippen LogP contribution in [0.25, 0.3) is 0 Å². The summed E-state index contributed by atoms with van der Waals surface area (Å²) in [5, 5.41) is 7.59. The summed E-state index contributed by atoms with van der Waals surface area (Å²) in [5.74, 6) is 0.298. The molecule has 0 unspecified atom stereocenters. The van der Waals surface area contributed by atoms with Crippen molar-refractivity contribution < 1.29 is 4.79 Å². The summed E-state index contributed by atoms with van der Waals surface area (Å²) in [4.78, 5) is 12.5. The minimum atomic E-state index is 0.0511. The van der Waals surface area contributed by atoms with Crippen molar-refractivity contribution in [1.29, 1.82) is 0 Å². The van der Waals surface area contributed by atoms with E-state index in [4.69, 9.17) is 0 Å². The maximum absolute atomic E-state index is 12.5. The van der Waals surface area contributed by atoms with E-state index in [2.05, 4.69) is 43.3 Å². The summed E-state index contributed by atoms with van der Waals surface area (Å²) in [7, 11) is 0. The predicted octanol–water partition coefficient (Wildman–Crippen LogP) is 4.60. The number of carbonyl (C=O) groups is 1. The average molecular weight is 313 g/mol. The first-order valence-corrected chi connectivity index (χ1v) is 8.34. The van der Waals surface area contributed by atoms with Gasteiger partial charge in [0.2, 0.25) is 5.91 Å². The van der Waals surface area contributed by atoms with Crippen molar-refractivity contribution in [3.8, 4) is 0 Å². The Morgan fingerprint density at radius 1 is 1.22 bits per heavy atom. The lowest BCUT2D eigenvalue weighted by atomic mass is 9.93. The van der Waals surface area contributed by atoms with Gasteiger partial charge in [0.25, 0.3) is 0 Å². The van der Waals surface area contributed by atoms with Crippen LogP contribution in [0.2, 0.25) is 0 Å². The van der Waals surface area contributed by atoms with Crippen molar-refractivity contribution >= 4 is 11.6 Å². The lowest BCUT2D eigenvalue weighted by Gasteiger charge is -2.15. The topological polar surface area (TPSA) is 46.9 Å². The molecule has 2 aromatic rings. The molecule has 0 radical (unpaired) electrons. The molecule has 1 heterocycles. The quantitative estimate of drug-likeness (QED) is 0.847. The molecule has 1 aromatic carbocycles. The second-order valence-corrected chi connectivity index (χ2v) is 6.35. The summed E-state index contributed by atoms with van der Waals surface area (Å²) in [5.41, 5.74) is 3.96. The Morgan fingerprint density at radius 3 is 2.39 bits per heavy atom. The Morgan fingerprint density at radius 2 is 1.87 bits per heavy atom. The van der Waals surface area contributed by atoms with Crippen LogP contribution in [-0.2, 0) is 4.79 Å². The Labute approximate surface area is 138 Å². The molecule has 1 amide bonds. The van der Waals surface area contributed by atoms with E-state index in [9.17, 15) is 4.79 Å². The molecule has 0 aliphatic carbocycles. The highest BCUT2D eigenvalue weighted by atomic mass is 16.1. The largest absolute Gasteiger partial charge is 0.323 e. The molecule has 4 heteroatoms. The third-order valence-electron chi connectivity index (χ3n) is 4.27. The lowest BCUT2D eigenvalue weighted by molar-refractivity contribution is -0.116. The number of nitrogens with one attached hydrogen (secondary N) is 1. The number of anilines is 1. The number of nitrogens with zero attached hydrogens (tertiary/aromatic N) is 2. The fraction of sp³-hybridized carbons (Fsp3) is 0.474. The summed E-state index contributed by atoms with van der Waals surface area (Å²) in [6, 6.07) is 10.5. The molecule has 0 aliphatic heterocycles. The predicted molar refractivity (Wildman–Crippen MR) is 94.8 cm³/mol. The van der Waals surface area contributed by atoms with Gasteiger partial charge in [-0.25, -0.2) is 0 Å². The van der Waals surface area contributed by atoms with Gasteiger partial charge in [0, 0.05) is 12.5 Å². The van der Waals surface area contributed by atoms with Gasteiger partial charge < -0.3 is 5.32 Å². The van der Waals surface area contributed by atoms with Crippen molar-refractivity contribution in [3.63, 3.8) is 0 Å². The summed E-state index contributed by atoms with van der Waals surface area (Å²) >= 11 is 0.